The monoisotopic (exact) mass is 408 g/mol. The van der Waals surface area contributed by atoms with Gasteiger partial charge < -0.3 is 14.6 Å². The first-order chi connectivity index (χ1) is 14.1. The van der Waals surface area contributed by atoms with Crippen molar-refractivity contribution in [2.24, 2.45) is 13.0 Å². The molecule has 0 radical (unpaired) electrons. The lowest BCUT2D eigenvalue weighted by Crippen LogP contribution is -2.44. The highest BCUT2D eigenvalue weighted by Crippen LogP contribution is 2.42. The number of nitrogens with zero attached hydrogens (tertiary/aromatic N) is 5. The molecule has 3 aromatic heterocycles. The average Bonchev–Trinajstić information content (AvgIpc) is 3.36. The van der Waals surface area contributed by atoms with E-state index in [0.29, 0.717) is 18.7 Å². The average molecular weight is 409 g/mol. The normalized spacial score (nSPS) is 19.6. The van der Waals surface area contributed by atoms with E-state index in [0.717, 1.165) is 16.9 Å². The Balaban J connectivity index is 1.55. The topological polar surface area (TPSA) is 84.5 Å². The van der Waals surface area contributed by atoms with E-state index in [-0.39, 0.29) is 29.3 Å². The summed E-state index contributed by atoms with van der Waals surface area (Å²) in [5.74, 6) is -0.174. The first-order valence-electron chi connectivity index (χ1n) is 10.2. The third-order valence-electron chi connectivity index (χ3n) is 5.67. The van der Waals surface area contributed by atoms with Crippen molar-refractivity contribution in [1.82, 2.24) is 29.4 Å². The van der Waals surface area contributed by atoms with Crippen molar-refractivity contribution in [2.45, 2.75) is 45.7 Å². The number of hydrogen-bond acceptors (Lipinski definition) is 4. The van der Waals surface area contributed by atoms with E-state index in [1.165, 1.54) is 0 Å². The molecule has 3 aromatic rings. The van der Waals surface area contributed by atoms with E-state index in [1.54, 1.807) is 10.9 Å². The molecule has 2 amide bonds. The summed E-state index contributed by atoms with van der Waals surface area (Å²) in [6.07, 6.45) is 5.89. The van der Waals surface area contributed by atoms with Gasteiger partial charge in [-0.3, -0.25) is 14.3 Å². The molecule has 1 N–H and O–H groups in total. The van der Waals surface area contributed by atoms with Crippen LogP contribution in [0.1, 0.15) is 55.0 Å². The summed E-state index contributed by atoms with van der Waals surface area (Å²) < 4.78 is 3.64. The molecule has 4 heterocycles. The van der Waals surface area contributed by atoms with E-state index in [9.17, 15) is 9.59 Å². The smallest absolute Gasteiger partial charge is 0.271 e. The first kappa shape index (κ1) is 20.1. The summed E-state index contributed by atoms with van der Waals surface area (Å²) >= 11 is 0. The Bertz CT molecular complexity index is 1110. The predicted octanol–water partition coefficient (Wildman–Crippen LogP) is 2.49. The van der Waals surface area contributed by atoms with Gasteiger partial charge in [0.1, 0.15) is 11.3 Å². The molecule has 4 rings (SSSR count). The fourth-order valence-corrected chi connectivity index (χ4v) is 4.36. The SMILES string of the molecule is Cc1cccc2nc(C(=O)NC[C@@H]3CC(=O)N(C(C)(C)C)[C@H]3c3cnn(C)c3)cn12. The van der Waals surface area contributed by atoms with Gasteiger partial charge in [0.25, 0.3) is 5.91 Å². The summed E-state index contributed by atoms with van der Waals surface area (Å²) in [5, 5.41) is 7.29. The molecule has 0 bridgehead atoms. The van der Waals surface area contributed by atoms with Gasteiger partial charge in [0.2, 0.25) is 5.91 Å². The van der Waals surface area contributed by atoms with Gasteiger partial charge in [-0.05, 0) is 39.8 Å². The number of carbonyl (C=O) groups is 2. The Kier molecular flexibility index (Phi) is 4.88. The standard InChI is InChI=1S/C22H28N6O2/c1-14-7-6-8-18-25-17(13-27(14)18)21(30)23-10-15-9-19(29)28(22(2,3)4)20(15)16-11-24-26(5)12-16/h6-8,11-13,15,20H,9-10H2,1-5H3,(H,23,30)/t15-,20+/m0/s1. The van der Waals surface area contributed by atoms with Crippen molar-refractivity contribution in [2.75, 3.05) is 6.54 Å². The molecule has 1 fully saturated rings. The van der Waals surface area contributed by atoms with Crippen LogP contribution in [-0.4, -0.2) is 48.0 Å². The summed E-state index contributed by atoms with van der Waals surface area (Å²) in [4.78, 5) is 32.0. The second-order valence-corrected chi connectivity index (χ2v) is 9.02. The van der Waals surface area contributed by atoms with Crippen LogP contribution >= 0.6 is 0 Å². The van der Waals surface area contributed by atoms with Crippen molar-refractivity contribution in [3.63, 3.8) is 0 Å². The molecule has 0 unspecified atom stereocenters. The molecule has 1 aliphatic heterocycles. The number of rotatable bonds is 4. The van der Waals surface area contributed by atoms with Gasteiger partial charge in [-0.15, -0.1) is 0 Å². The fourth-order valence-electron chi connectivity index (χ4n) is 4.36. The molecule has 1 saturated heterocycles. The number of hydrogen-bond donors (Lipinski definition) is 1. The Hall–Kier alpha value is -3.16. The molecule has 0 saturated carbocycles. The molecule has 0 spiro atoms. The van der Waals surface area contributed by atoms with Gasteiger partial charge in [-0.2, -0.15) is 5.10 Å². The van der Waals surface area contributed by atoms with Crippen molar-refractivity contribution in [3.05, 3.63) is 53.7 Å². The van der Waals surface area contributed by atoms with Crippen LogP contribution in [0.3, 0.4) is 0 Å². The van der Waals surface area contributed by atoms with Gasteiger partial charge >= 0.3 is 0 Å². The zero-order valence-electron chi connectivity index (χ0n) is 18.1. The van der Waals surface area contributed by atoms with Crippen molar-refractivity contribution in [1.29, 1.82) is 0 Å². The van der Waals surface area contributed by atoms with Crippen molar-refractivity contribution in [3.8, 4) is 0 Å². The second kappa shape index (κ2) is 7.27. The maximum Gasteiger partial charge on any atom is 0.271 e. The van der Waals surface area contributed by atoms with Crippen molar-refractivity contribution < 1.29 is 9.59 Å². The third-order valence-corrected chi connectivity index (χ3v) is 5.67. The summed E-state index contributed by atoms with van der Waals surface area (Å²) in [6.45, 7) is 8.47. The van der Waals surface area contributed by atoms with Crippen LogP contribution < -0.4 is 5.32 Å². The molecule has 2 atom stereocenters. The van der Waals surface area contributed by atoms with Gasteiger partial charge in [0.05, 0.1) is 12.2 Å². The van der Waals surface area contributed by atoms with Crippen LogP contribution in [0.4, 0.5) is 0 Å². The van der Waals surface area contributed by atoms with Crippen LogP contribution in [0.5, 0.6) is 0 Å². The quantitative estimate of drug-likeness (QED) is 0.719. The molecule has 158 valence electrons. The van der Waals surface area contributed by atoms with E-state index in [2.05, 4.69) is 15.4 Å². The largest absolute Gasteiger partial charge is 0.350 e. The maximum atomic E-state index is 12.9. The zero-order valence-corrected chi connectivity index (χ0v) is 18.1. The maximum absolute atomic E-state index is 12.9. The summed E-state index contributed by atoms with van der Waals surface area (Å²) in [6, 6.07) is 5.64. The number of likely N-dealkylation sites (tertiary alicyclic amines) is 1. The zero-order chi connectivity index (χ0) is 21.6. The number of pyridine rings is 1. The number of amides is 2. The van der Waals surface area contributed by atoms with Crippen molar-refractivity contribution >= 4 is 17.5 Å². The minimum atomic E-state index is -0.324. The highest BCUT2D eigenvalue weighted by Gasteiger charge is 2.45. The van der Waals surface area contributed by atoms with Crippen LogP contribution in [-0.2, 0) is 11.8 Å². The molecule has 1 aliphatic rings. The number of aromatic nitrogens is 4. The van der Waals surface area contributed by atoms with Crippen LogP contribution in [0, 0.1) is 12.8 Å². The Morgan fingerprint density at radius 1 is 1.27 bits per heavy atom. The Labute approximate surface area is 175 Å². The number of carbonyl (C=O) groups excluding carboxylic acids is 2. The van der Waals surface area contributed by atoms with E-state index < -0.39 is 0 Å². The minimum Gasteiger partial charge on any atom is -0.350 e. The molecular weight excluding hydrogens is 380 g/mol. The Morgan fingerprint density at radius 3 is 2.67 bits per heavy atom. The van der Waals surface area contributed by atoms with Gasteiger partial charge in [0, 0.05) is 55.1 Å². The predicted molar refractivity (Wildman–Crippen MR) is 113 cm³/mol. The molecule has 0 aromatic carbocycles. The lowest BCUT2D eigenvalue weighted by molar-refractivity contribution is -0.133. The van der Waals surface area contributed by atoms with Gasteiger partial charge in [0.15, 0.2) is 0 Å². The fraction of sp³-hybridized carbons (Fsp3) is 0.455. The lowest BCUT2D eigenvalue weighted by atomic mass is 9.93. The third kappa shape index (κ3) is 3.58. The summed E-state index contributed by atoms with van der Waals surface area (Å²) in [7, 11) is 1.86. The molecular formula is C22H28N6O2. The number of fused-ring (bicyclic) bond motifs is 1. The highest BCUT2D eigenvalue weighted by molar-refractivity contribution is 5.93. The highest BCUT2D eigenvalue weighted by atomic mass is 16.2. The van der Waals surface area contributed by atoms with E-state index in [1.807, 2.05) is 74.6 Å². The molecule has 0 aliphatic carbocycles. The van der Waals surface area contributed by atoms with Crippen LogP contribution in [0.25, 0.3) is 5.65 Å². The molecule has 8 heteroatoms. The van der Waals surface area contributed by atoms with Crippen LogP contribution in [0.2, 0.25) is 0 Å². The summed E-state index contributed by atoms with van der Waals surface area (Å²) in [5.41, 5.74) is 2.79. The minimum absolute atomic E-state index is 0.0383. The van der Waals surface area contributed by atoms with E-state index in [4.69, 9.17) is 0 Å². The van der Waals surface area contributed by atoms with Gasteiger partial charge in [-0.1, -0.05) is 6.07 Å². The number of aryl methyl sites for hydroxylation is 2. The first-order valence-corrected chi connectivity index (χ1v) is 10.2. The lowest BCUT2D eigenvalue weighted by Gasteiger charge is -2.38. The second-order valence-electron chi connectivity index (χ2n) is 9.02. The molecule has 30 heavy (non-hydrogen) atoms. The number of nitrogens with one attached hydrogen (secondary N) is 1. The van der Waals surface area contributed by atoms with Crippen LogP contribution in [0.15, 0.2) is 36.8 Å². The van der Waals surface area contributed by atoms with Gasteiger partial charge in [-0.25, -0.2) is 4.98 Å². The number of imidazole rings is 1. The Morgan fingerprint density at radius 2 is 2.03 bits per heavy atom. The molecule has 8 nitrogen and oxygen atoms in total. The van der Waals surface area contributed by atoms with E-state index >= 15 is 0 Å².